The van der Waals surface area contributed by atoms with Crippen LogP contribution >= 0.6 is 0 Å². The van der Waals surface area contributed by atoms with Gasteiger partial charge in [-0.25, -0.2) is 9.68 Å². The Hall–Kier alpha value is -5.51. The van der Waals surface area contributed by atoms with Gasteiger partial charge < -0.3 is 24.8 Å². The molecule has 40 heavy (non-hydrogen) atoms. The number of amides is 2. The zero-order valence-corrected chi connectivity index (χ0v) is 21.9. The van der Waals surface area contributed by atoms with E-state index in [1.54, 1.807) is 72.8 Å². The summed E-state index contributed by atoms with van der Waals surface area (Å²) in [6, 6.07) is 23.8. The lowest BCUT2D eigenvalue weighted by Gasteiger charge is -2.16. The molecule has 0 aromatic heterocycles. The van der Waals surface area contributed by atoms with E-state index in [0.717, 1.165) is 0 Å². The second-order valence-corrected chi connectivity index (χ2v) is 8.23. The molecule has 0 spiro atoms. The molecule has 4 rings (SSSR count). The van der Waals surface area contributed by atoms with Crippen molar-refractivity contribution in [1.82, 2.24) is 0 Å². The Labute approximate surface area is 230 Å². The third kappa shape index (κ3) is 6.67. The highest BCUT2D eigenvalue weighted by molar-refractivity contribution is 6.11. The molecule has 0 atom stereocenters. The molecule has 0 fully saturated rings. The number of anilines is 2. The minimum atomic E-state index is -0.775. The highest BCUT2D eigenvalue weighted by atomic mass is 17.2. The van der Waals surface area contributed by atoms with Gasteiger partial charge in [-0.15, -0.1) is 0 Å². The molecule has 0 unspecified atom stereocenters. The molecule has 4 aromatic carbocycles. The summed E-state index contributed by atoms with van der Waals surface area (Å²) in [6.07, 6.45) is 0. The van der Waals surface area contributed by atoms with Crippen LogP contribution in [0.15, 0.2) is 91.0 Å². The maximum atomic E-state index is 13.1. The van der Waals surface area contributed by atoms with E-state index in [1.807, 2.05) is 0 Å². The number of carbonyl (C=O) groups excluding carboxylic acids is 3. The molecule has 4 aromatic rings. The number of carbonyl (C=O) groups is 3. The lowest BCUT2D eigenvalue weighted by Crippen LogP contribution is -2.18. The van der Waals surface area contributed by atoms with Crippen molar-refractivity contribution in [3.05, 3.63) is 108 Å². The minimum absolute atomic E-state index is 0.0174. The SMILES string of the molecule is COc1ccc(C(=O)Nc2cccc(OOC(=O)c3ccc(OC)cc3)c2NC(=O)c2ccc(OC)cc2)cc1. The van der Waals surface area contributed by atoms with E-state index in [9.17, 15) is 14.4 Å². The zero-order valence-electron chi connectivity index (χ0n) is 21.9. The van der Waals surface area contributed by atoms with Gasteiger partial charge in [0.05, 0.1) is 32.6 Å². The number of nitrogens with one attached hydrogen (secondary N) is 2. The summed E-state index contributed by atoms with van der Waals surface area (Å²) < 4.78 is 15.4. The van der Waals surface area contributed by atoms with Gasteiger partial charge in [-0.1, -0.05) is 6.07 Å². The maximum absolute atomic E-state index is 13.1. The van der Waals surface area contributed by atoms with E-state index in [2.05, 4.69) is 10.6 Å². The van der Waals surface area contributed by atoms with Crippen LogP contribution in [0.3, 0.4) is 0 Å². The highest BCUT2D eigenvalue weighted by Crippen LogP contribution is 2.34. The number of para-hydroxylation sites is 1. The number of methoxy groups -OCH3 is 3. The van der Waals surface area contributed by atoms with Crippen molar-refractivity contribution >= 4 is 29.2 Å². The van der Waals surface area contributed by atoms with E-state index in [4.69, 9.17) is 24.0 Å². The average molecular weight is 543 g/mol. The normalized spacial score (nSPS) is 10.2. The lowest BCUT2D eigenvalue weighted by molar-refractivity contribution is -0.148. The summed E-state index contributed by atoms with van der Waals surface area (Å²) in [4.78, 5) is 49.1. The van der Waals surface area contributed by atoms with Crippen LogP contribution in [0.2, 0.25) is 0 Å². The fraction of sp³-hybridized carbons (Fsp3) is 0.100. The molecular formula is C30H26N2O8. The molecule has 0 heterocycles. The van der Waals surface area contributed by atoms with Crippen molar-refractivity contribution < 1.29 is 38.4 Å². The van der Waals surface area contributed by atoms with E-state index >= 15 is 0 Å². The molecule has 2 N–H and O–H groups in total. The van der Waals surface area contributed by atoms with E-state index in [-0.39, 0.29) is 22.7 Å². The number of benzene rings is 4. The Kier molecular flexibility index (Phi) is 8.83. The first kappa shape index (κ1) is 27.5. The molecular weight excluding hydrogens is 516 g/mol. The van der Waals surface area contributed by atoms with Crippen LogP contribution in [-0.2, 0) is 4.89 Å². The predicted octanol–water partition coefficient (Wildman–Crippen LogP) is 5.37. The summed E-state index contributed by atoms with van der Waals surface area (Å²) in [5, 5.41) is 5.50. The summed E-state index contributed by atoms with van der Waals surface area (Å²) in [5.41, 5.74) is 1.17. The third-order valence-electron chi connectivity index (χ3n) is 5.75. The monoisotopic (exact) mass is 542 g/mol. The summed E-state index contributed by atoms with van der Waals surface area (Å²) in [7, 11) is 4.56. The first-order chi connectivity index (χ1) is 19.4. The fourth-order valence-electron chi connectivity index (χ4n) is 3.56. The molecule has 0 radical (unpaired) electrons. The topological polar surface area (TPSA) is 121 Å². The molecule has 0 saturated heterocycles. The van der Waals surface area contributed by atoms with Crippen LogP contribution in [0.4, 0.5) is 11.4 Å². The van der Waals surface area contributed by atoms with Crippen LogP contribution in [0.5, 0.6) is 23.0 Å². The van der Waals surface area contributed by atoms with Crippen LogP contribution in [0.25, 0.3) is 0 Å². The van der Waals surface area contributed by atoms with E-state index in [0.29, 0.717) is 28.4 Å². The van der Waals surface area contributed by atoms with Gasteiger partial charge in [-0.3, -0.25) is 14.5 Å². The number of hydrogen-bond acceptors (Lipinski definition) is 8. The van der Waals surface area contributed by atoms with Gasteiger partial charge in [0.2, 0.25) is 5.75 Å². The van der Waals surface area contributed by atoms with Crippen LogP contribution < -0.4 is 29.7 Å². The largest absolute Gasteiger partial charge is 0.497 e. The number of ether oxygens (including phenoxy) is 3. The van der Waals surface area contributed by atoms with Crippen molar-refractivity contribution in [2.24, 2.45) is 0 Å². The quantitative estimate of drug-likeness (QED) is 0.203. The Morgan fingerprint density at radius 1 is 0.550 bits per heavy atom. The molecule has 2 amide bonds. The maximum Gasteiger partial charge on any atom is 0.386 e. The highest BCUT2D eigenvalue weighted by Gasteiger charge is 2.19. The number of rotatable bonds is 10. The van der Waals surface area contributed by atoms with Gasteiger partial charge in [0, 0.05) is 11.1 Å². The Bertz CT molecular complexity index is 1480. The van der Waals surface area contributed by atoms with Gasteiger partial charge in [0.1, 0.15) is 22.9 Å². The first-order valence-corrected chi connectivity index (χ1v) is 12.0. The Balaban J connectivity index is 1.60. The second kappa shape index (κ2) is 12.8. The van der Waals surface area contributed by atoms with Gasteiger partial charge in [0.15, 0.2) is 0 Å². The lowest BCUT2D eigenvalue weighted by atomic mass is 10.1. The zero-order chi connectivity index (χ0) is 28.5. The first-order valence-electron chi connectivity index (χ1n) is 12.0. The fourth-order valence-corrected chi connectivity index (χ4v) is 3.56. The van der Waals surface area contributed by atoms with Crippen molar-refractivity contribution in [1.29, 1.82) is 0 Å². The third-order valence-corrected chi connectivity index (χ3v) is 5.75. The van der Waals surface area contributed by atoms with E-state index in [1.165, 1.54) is 39.5 Å². The molecule has 10 nitrogen and oxygen atoms in total. The smallest absolute Gasteiger partial charge is 0.386 e. The Morgan fingerprint density at radius 3 is 1.48 bits per heavy atom. The van der Waals surface area contributed by atoms with Gasteiger partial charge in [0.25, 0.3) is 11.8 Å². The molecule has 0 aliphatic heterocycles. The summed E-state index contributed by atoms with van der Waals surface area (Å²) in [6.45, 7) is 0. The molecule has 204 valence electrons. The van der Waals surface area contributed by atoms with Crippen molar-refractivity contribution in [2.75, 3.05) is 32.0 Å². The predicted molar refractivity (Wildman–Crippen MR) is 147 cm³/mol. The van der Waals surface area contributed by atoms with Crippen molar-refractivity contribution in [3.63, 3.8) is 0 Å². The van der Waals surface area contributed by atoms with Gasteiger partial charge in [-0.2, -0.15) is 0 Å². The summed E-state index contributed by atoms with van der Waals surface area (Å²) in [5.74, 6) is 0.00616. The minimum Gasteiger partial charge on any atom is -0.497 e. The molecule has 0 saturated carbocycles. The van der Waals surface area contributed by atoms with E-state index < -0.39 is 17.8 Å². The van der Waals surface area contributed by atoms with Crippen molar-refractivity contribution in [3.8, 4) is 23.0 Å². The molecule has 0 aliphatic carbocycles. The van der Waals surface area contributed by atoms with Crippen LogP contribution in [-0.4, -0.2) is 39.1 Å². The summed E-state index contributed by atoms with van der Waals surface area (Å²) >= 11 is 0. The van der Waals surface area contributed by atoms with Crippen molar-refractivity contribution in [2.45, 2.75) is 0 Å². The van der Waals surface area contributed by atoms with Gasteiger partial charge >= 0.3 is 5.97 Å². The van der Waals surface area contributed by atoms with Gasteiger partial charge in [-0.05, 0) is 84.9 Å². The molecule has 10 heteroatoms. The molecule has 0 bridgehead atoms. The Morgan fingerprint density at radius 2 is 1.00 bits per heavy atom. The number of hydrogen-bond donors (Lipinski definition) is 2. The standard InChI is InChI=1S/C30H26N2O8/c1-36-22-13-7-19(8-14-22)28(33)31-25-5-4-6-26(39-40-30(35)21-11-17-24(38-3)18-12-21)27(25)32-29(34)20-9-15-23(37-2)16-10-20/h4-18H,1-3H3,(H,31,33)(H,32,34). The molecule has 0 aliphatic rings. The second-order valence-electron chi connectivity index (χ2n) is 8.23. The van der Waals surface area contributed by atoms with Crippen LogP contribution in [0.1, 0.15) is 31.1 Å². The average Bonchev–Trinajstić information content (AvgIpc) is 3.01. The van der Waals surface area contributed by atoms with Crippen LogP contribution in [0, 0.1) is 0 Å².